The first-order valence-electron chi connectivity index (χ1n) is 7.79. The number of hydrogen-bond acceptors (Lipinski definition) is 5. The number of aromatic nitrogens is 2. The van der Waals surface area contributed by atoms with Crippen molar-refractivity contribution < 1.29 is 14.3 Å². The molecule has 24 heavy (non-hydrogen) atoms. The fourth-order valence-electron chi connectivity index (χ4n) is 2.37. The van der Waals surface area contributed by atoms with Crippen molar-refractivity contribution in [3.63, 3.8) is 0 Å². The number of hydrogen-bond donors (Lipinski definition) is 1. The number of amides is 1. The van der Waals surface area contributed by atoms with Crippen LogP contribution in [0.2, 0.25) is 5.02 Å². The van der Waals surface area contributed by atoms with E-state index in [1.807, 2.05) is 12.1 Å². The summed E-state index contributed by atoms with van der Waals surface area (Å²) in [5, 5.41) is 3.15. The van der Waals surface area contributed by atoms with Crippen LogP contribution in [-0.2, 0) is 11.3 Å². The van der Waals surface area contributed by atoms with Crippen molar-refractivity contribution in [1.29, 1.82) is 0 Å². The second-order valence-corrected chi connectivity index (χ2v) is 5.89. The van der Waals surface area contributed by atoms with Crippen LogP contribution in [0.5, 0.6) is 5.88 Å². The standard InChI is InChI=1S/C17H18ClN3O3/c18-15-9-13(16(22)20-10-12-1-5-19-6-2-12)11-21-17(15)24-14-3-7-23-8-4-14/h1-2,5-6,9,11,14H,3-4,7-8,10H2,(H,20,22). The van der Waals surface area contributed by atoms with Crippen molar-refractivity contribution in [2.75, 3.05) is 13.2 Å². The first kappa shape index (κ1) is 16.7. The fraction of sp³-hybridized carbons (Fsp3) is 0.353. The van der Waals surface area contributed by atoms with Gasteiger partial charge in [-0.05, 0) is 23.8 Å². The van der Waals surface area contributed by atoms with Crippen LogP contribution in [0.4, 0.5) is 0 Å². The first-order valence-corrected chi connectivity index (χ1v) is 8.17. The third-order valence-electron chi connectivity index (χ3n) is 3.72. The summed E-state index contributed by atoms with van der Waals surface area (Å²) >= 11 is 6.20. The normalized spacial score (nSPS) is 15.0. The highest BCUT2D eigenvalue weighted by Gasteiger charge is 2.18. The van der Waals surface area contributed by atoms with Crippen LogP contribution in [0.1, 0.15) is 28.8 Å². The molecule has 0 radical (unpaired) electrons. The lowest BCUT2D eigenvalue weighted by molar-refractivity contribution is 0.0238. The molecular weight excluding hydrogens is 330 g/mol. The zero-order chi connectivity index (χ0) is 16.8. The van der Waals surface area contributed by atoms with Gasteiger partial charge in [0.05, 0.1) is 18.8 Å². The summed E-state index contributed by atoms with van der Waals surface area (Å²) in [5.74, 6) is 0.119. The number of pyridine rings is 2. The van der Waals surface area contributed by atoms with E-state index in [1.165, 1.54) is 6.20 Å². The molecule has 0 aromatic carbocycles. The van der Waals surface area contributed by atoms with E-state index in [-0.39, 0.29) is 12.0 Å². The van der Waals surface area contributed by atoms with Gasteiger partial charge in [0, 0.05) is 38.0 Å². The Morgan fingerprint density at radius 3 is 2.79 bits per heavy atom. The molecule has 0 bridgehead atoms. The van der Waals surface area contributed by atoms with Crippen LogP contribution in [0.25, 0.3) is 0 Å². The predicted molar refractivity (Wildman–Crippen MR) is 89.1 cm³/mol. The van der Waals surface area contributed by atoms with Crippen LogP contribution < -0.4 is 10.1 Å². The van der Waals surface area contributed by atoms with Gasteiger partial charge < -0.3 is 14.8 Å². The SMILES string of the molecule is O=C(NCc1ccncc1)c1cnc(OC2CCOCC2)c(Cl)c1. The van der Waals surface area contributed by atoms with Gasteiger partial charge in [0.15, 0.2) is 0 Å². The molecule has 1 aliphatic rings. The van der Waals surface area contributed by atoms with Crippen LogP contribution in [0.3, 0.4) is 0 Å². The molecule has 0 atom stereocenters. The summed E-state index contributed by atoms with van der Waals surface area (Å²) in [7, 11) is 0. The molecule has 2 aromatic rings. The molecule has 1 N–H and O–H groups in total. The van der Waals surface area contributed by atoms with Crippen molar-refractivity contribution in [1.82, 2.24) is 15.3 Å². The number of carbonyl (C=O) groups excluding carboxylic acids is 1. The summed E-state index contributed by atoms with van der Waals surface area (Å²) in [6.07, 6.45) is 6.51. The molecule has 1 saturated heterocycles. The number of ether oxygens (including phenoxy) is 2. The van der Waals surface area contributed by atoms with Gasteiger partial charge in [0.2, 0.25) is 5.88 Å². The van der Waals surface area contributed by atoms with Crippen LogP contribution in [-0.4, -0.2) is 35.2 Å². The van der Waals surface area contributed by atoms with E-state index in [1.54, 1.807) is 18.5 Å². The van der Waals surface area contributed by atoms with Crippen molar-refractivity contribution in [3.8, 4) is 5.88 Å². The minimum absolute atomic E-state index is 0.0510. The molecule has 1 aliphatic heterocycles. The van der Waals surface area contributed by atoms with Gasteiger partial charge in [0.1, 0.15) is 11.1 Å². The van der Waals surface area contributed by atoms with E-state index in [9.17, 15) is 4.79 Å². The Morgan fingerprint density at radius 2 is 2.08 bits per heavy atom. The Hall–Kier alpha value is -2.18. The summed E-state index contributed by atoms with van der Waals surface area (Å²) in [5.41, 5.74) is 1.37. The molecule has 3 heterocycles. The molecule has 126 valence electrons. The van der Waals surface area contributed by atoms with Gasteiger partial charge in [-0.1, -0.05) is 11.6 Å². The largest absolute Gasteiger partial charge is 0.473 e. The molecule has 6 nitrogen and oxygen atoms in total. The zero-order valence-electron chi connectivity index (χ0n) is 13.1. The van der Waals surface area contributed by atoms with Gasteiger partial charge in [-0.25, -0.2) is 4.98 Å². The molecule has 1 fully saturated rings. The monoisotopic (exact) mass is 347 g/mol. The maximum absolute atomic E-state index is 12.2. The zero-order valence-corrected chi connectivity index (χ0v) is 13.8. The first-order chi connectivity index (χ1) is 11.7. The third-order valence-corrected chi connectivity index (χ3v) is 3.99. The lowest BCUT2D eigenvalue weighted by atomic mass is 10.1. The molecule has 7 heteroatoms. The van der Waals surface area contributed by atoms with Gasteiger partial charge in [-0.15, -0.1) is 0 Å². The van der Waals surface area contributed by atoms with Crippen molar-refractivity contribution in [3.05, 3.63) is 52.9 Å². The quantitative estimate of drug-likeness (QED) is 0.900. The van der Waals surface area contributed by atoms with Crippen molar-refractivity contribution >= 4 is 17.5 Å². The fourth-order valence-corrected chi connectivity index (χ4v) is 2.58. The predicted octanol–water partition coefficient (Wildman–Crippen LogP) is 2.62. The Bertz CT molecular complexity index is 691. The molecule has 0 saturated carbocycles. The molecule has 3 rings (SSSR count). The minimum atomic E-state index is -0.237. The Balaban J connectivity index is 1.59. The maximum atomic E-state index is 12.2. The summed E-state index contributed by atoms with van der Waals surface area (Å²) in [6.45, 7) is 1.77. The van der Waals surface area contributed by atoms with Crippen molar-refractivity contribution in [2.24, 2.45) is 0 Å². The molecule has 0 aliphatic carbocycles. The van der Waals surface area contributed by atoms with E-state index >= 15 is 0 Å². The Morgan fingerprint density at radius 1 is 1.33 bits per heavy atom. The highest BCUT2D eigenvalue weighted by atomic mass is 35.5. The van der Waals surface area contributed by atoms with Gasteiger partial charge in [-0.2, -0.15) is 0 Å². The molecule has 1 amide bonds. The van der Waals surface area contributed by atoms with E-state index in [4.69, 9.17) is 21.1 Å². The van der Waals surface area contributed by atoms with E-state index in [0.717, 1.165) is 18.4 Å². The number of rotatable bonds is 5. The van der Waals surface area contributed by atoms with Gasteiger partial charge in [0.25, 0.3) is 5.91 Å². The maximum Gasteiger partial charge on any atom is 0.253 e. The lowest BCUT2D eigenvalue weighted by Crippen LogP contribution is -2.26. The number of nitrogens with one attached hydrogen (secondary N) is 1. The minimum Gasteiger partial charge on any atom is -0.473 e. The Kier molecular flexibility index (Phi) is 5.61. The van der Waals surface area contributed by atoms with E-state index < -0.39 is 0 Å². The van der Waals surface area contributed by atoms with Crippen LogP contribution >= 0.6 is 11.6 Å². The topological polar surface area (TPSA) is 73.3 Å². The number of carbonyl (C=O) groups is 1. The van der Waals surface area contributed by atoms with Crippen LogP contribution in [0, 0.1) is 0 Å². The number of halogens is 1. The van der Waals surface area contributed by atoms with Gasteiger partial charge >= 0.3 is 0 Å². The third kappa shape index (κ3) is 4.43. The van der Waals surface area contributed by atoms with Crippen LogP contribution in [0.15, 0.2) is 36.8 Å². The second-order valence-electron chi connectivity index (χ2n) is 5.48. The summed E-state index contributed by atoms with van der Waals surface area (Å²) in [4.78, 5) is 20.3. The average Bonchev–Trinajstić information content (AvgIpc) is 2.63. The summed E-state index contributed by atoms with van der Waals surface area (Å²) in [6, 6.07) is 5.26. The van der Waals surface area contributed by atoms with Crippen molar-refractivity contribution in [2.45, 2.75) is 25.5 Å². The second kappa shape index (κ2) is 8.08. The molecule has 0 unspecified atom stereocenters. The highest BCUT2D eigenvalue weighted by Crippen LogP contribution is 2.25. The molecular formula is C17H18ClN3O3. The van der Waals surface area contributed by atoms with E-state index in [0.29, 0.717) is 36.2 Å². The van der Waals surface area contributed by atoms with Gasteiger partial charge in [-0.3, -0.25) is 9.78 Å². The lowest BCUT2D eigenvalue weighted by Gasteiger charge is -2.23. The van der Waals surface area contributed by atoms with E-state index in [2.05, 4.69) is 15.3 Å². The molecule has 2 aromatic heterocycles. The Labute approximate surface area is 145 Å². The number of nitrogens with zero attached hydrogens (tertiary/aromatic N) is 2. The average molecular weight is 348 g/mol. The highest BCUT2D eigenvalue weighted by molar-refractivity contribution is 6.32. The smallest absolute Gasteiger partial charge is 0.253 e. The molecule has 0 spiro atoms. The summed E-state index contributed by atoms with van der Waals surface area (Å²) < 4.78 is 11.1.